The van der Waals surface area contributed by atoms with Gasteiger partial charge in [-0.25, -0.2) is 0 Å². The quantitative estimate of drug-likeness (QED) is 0.271. The number of aromatic nitrogens is 2. The summed E-state index contributed by atoms with van der Waals surface area (Å²) < 4.78 is 7.36. The summed E-state index contributed by atoms with van der Waals surface area (Å²) in [4.78, 5) is 49.8. The lowest BCUT2D eigenvalue weighted by Crippen LogP contribution is -2.47. The zero-order valence-corrected chi connectivity index (χ0v) is 25.3. The molecule has 4 aromatic rings. The number of benzene rings is 1. The minimum Gasteiger partial charge on any atom is -0.461 e. The van der Waals surface area contributed by atoms with Gasteiger partial charge >= 0.3 is 0 Å². The van der Waals surface area contributed by atoms with E-state index in [0.29, 0.717) is 37.1 Å². The summed E-state index contributed by atoms with van der Waals surface area (Å²) in [5.41, 5.74) is 4.06. The van der Waals surface area contributed by atoms with Crippen molar-refractivity contribution < 1.29 is 14.0 Å². The van der Waals surface area contributed by atoms with Crippen LogP contribution < -0.4 is 15.4 Å². The lowest BCUT2D eigenvalue weighted by atomic mass is 9.90. The van der Waals surface area contributed by atoms with Crippen LogP contribution in [0.2, 0.25) is 0 Å². The number of aryl methyl sites for hydroxylation is 2. The van der Waals surface area contributed by atoms with Crippen molar-refractivity contribution in [2.45, 2.75) is 54.1 Å². The fourth-order valence-electron chi connectivity index (χ4n) is 5.68. The van der Waals surface area contributed by atoms with Gasteiger partial charge < -0.3 is 18.8 Å². The standard InChI is InChI=1S/C33H39N5O4/c1-7-38-27-11-10-24(20-28(27)35(6)31(40)33(4,5)32(38)41)12-15-36(21-26-22(2)9-8-14-34-26)17-18-37-16-13-29-25(30(37)39)19-23(3)42-29/h8-11,13-14,16,19-20H,7,12,15,17-18,21H2,1-6H3. The summed E-state index contributed by atoms with van der Waals surface area (Å²) in [6.45, 7) is 12.2. The van der Waals surface area contributed by atoms with Crippen LogP contribution in [0.4, 0.5) is 11.4 Å². The maximum Gasteiger partial charge on any atom is 0.261 e. The number of anilines is 2. The molecule has 0 saturated carbocycles. The number of carbonyl (C=O) groups excluding carboxylic acids is 2. The zero-order valence-electron chi connectivity index (χ0n) is 25.3. The highest BCUT2D eigenvalue weighted by molar-refractivity contribution is 6.19. The van der Waals surface area contributed by atoms with E-state index in [1.54, 1.807) is 47.5 Å². The summed E-state index contributed by atoms with van der Waals surface area (Å²) in [6.07, 6.45) is 4.32. The molecule has 0 spiro atoms. The third-order valence-electron chi connectivity index (χ3n) is 8.27. The van der Waals surface area contributed by atoms with Gasteiger partial charge in [0.25, 0.3) is 5.56 Å². The fourth-order valence-corrected chi connectivity index (χ4v) is 5.68. The molecule has 2 amide bonds. The third kappa shape index (κ3) is 5.48. The Labute approximate surface area is 246 Å². The number of rotatable bonds is 9. The van der Waals surface area contributed by atoms with Gasteiger partial charge in [0.1, 0.15) is 16.8 Å². The Hall–Kier alpha value is -4.24. The number of hydrogen-bond acceptors (Lipinski definition) is 6. The molecule has 0 radical (unpaired) electrons. The summed E-state index contributed by atoms with van der Waals surface area (Å²) in [7, 11) is 1.74. The molecule has 1 aliphatic heterocycles. The molecule has 0 aliphatic carbocycles. The molecule has 3 aromatic heterocycles. The van der Waals surface area contributed by atoms with Crippen molar-refractivity contribution in [3.63, 3.8) is 0 Å². The van der Waals surface area contributed by atoms with E-state index < -0.39 is 5.41 Å². The molecule has 0 bridgehead atoms. The SMILES string of the molecule is CCN1C(=O)C(C)(C)C(=O)N(C)c2cc(CCN(CCn3ccc4oc(C)cc4c3=O)Cc3ncccc3C)ccc21. The molecule has 0 N–H and O–H groups in total. The molecule has 220 valence electrons. The topological polar surface area (TPSA) is 91.9 Å². The Kier molecular flexibility index (Phi) is 8.06. The molecular formula is C33H39N5O4. The average Bonchev–Trinajstić information content (AvgIpc) is 3.35. The van der Waals surface area contributed by atoms with Gasteiger partial charge in [-0.2, -0.15) is 0 Å². The van der Waals surface area contributed by atoms with Crippen molar-refractivity contribution in [1.82, 2.24) is 14.5 Å². The maximum absolute atomic E-state index is 13.3. The first-order valence-corrected chi connectivity index (χ1v) is 14.5. The molecule has 0 saturated heterocycles. The van der Waals surface area contributed by atoms with E-state index in [0.717, 1.165) is 46.9 Å². The van der Waals surface area contributed by atoms with Crippen LogP contribution in [0.15, 0.2) is 64.1 Å². The smallest absolute Gasteiger partial charge is 0.261 e. The zero-order chi connectivity index (χ0) is 30.2. The number of nitrogens with zero attached hydrogens (tertiary/aromatic N) is 5. The number of pyridine rings is 2. The molecule has 0 fully saturated rings. The second-order valence-electron chi connectivity index (χ2n) is 11.6. The molecule has 0 unspecified atom stereocenters. The van der Waals surface area contributed by atoms with Crippen molar-refractivity contribution >= 4 is 34.2 Å². The van der Waals surface area contributed by atoms with E-state index in [4.69, 9.17) is 4.42 Å². The Morgan fingerprint density at radius 2 is 1.76 bits per heavy atom. The minimum absolute atomic E-state index is 0.0604. The van der Waals surface area contributed by atoms with Crippen LogP contribution in [0.5, 0.6) is 0 Å². The predicted octanol–water partition coefficient (Wildman–Crippen LogP) is 4.71. The fraction of sp³-hybridized carbons (Fsp3) is 0.394. The van der Waals surface area contributed by atoms with Crippen LogP contribution in [0.3, 0.4) is 0 Å². The molecule has 0 atom stereocenters. The molecule has 9 nitrogen and oxygen atoms in total. The monoisotopic (exact) mass is 569 g/mol. The second-order valence-corrected chi connectivity index (χ2v) is 11.6. The largest absolute Gasteiger partial charge is 0.461 e. The first-order chi connectivity index (χ1) is 20.0. The normalized spacial score (nSPS) is 15.0. The van der Waals surface area contributed by atoms with E-state index in [1.165, 1.54) is 0 Å². The lowest BCUT2D eigenvalue weighted by molar-refractivity contribution is -0.137. The molecule has 4 heterocycles. The van der Waals surface area contributed by atoms with E-state index in [9.17, 15) is 14.4 Å². The van der Waals surface area contributed by atoms with Gasteiger partial charge in [0, 0.05) is 52.2 Å². The number of fused-ring (bicyclic) bond motifs is 2. The van der Waals surface area contributed by atoms with Gasteiger partial charge in [0.15, 0.2) is 0 Å². The summed E-state index contributed by atoms with van der Waals surface area (Å²) in [6, 6.07) is 13.6. The van der Waals surface area contributed by atoms with Crippen LogP contribution in [0.1, 0.15) is 43.4 Å². The van der Waals surface area contributed by atoms with Gasteiger partial charge in [-0.3, -0.25) is 24.3 Å². The van der Waals surface area contributed by atoms with Crippen LogP contribution >= 0.6 is 0 Å². The van der Waals surface area contributed by atoms with Crippen LogP contribution in [0, 0.1) is 19.3 Å². The summed E-state index contributed by atoms with van der Waals surface area (Å²) in [5, 5.41) is 0.591. The van der Waals surface area contributed by atoms with E-state index >= 15 is 0 Å². The lowest BCUT2D eigenvalue weighted by Gasteiger charge is -2.27. The first kappa shape index (κ1) is 29.3. The minimum atomic E-state index is -1.14. The summed E-state index contributed by atoms with van der Waals surface area (Å²) >= 11 is 0. The number of hydrogen-bond donors (Lipinski definition) is 0. The van der Waals surface area contributed by atoms with E-state index in [1.807, 2.05) is 50.4 Å². The van der Waals surface area contributed by atoms with Crippen molar-refractivity contribution in [3.05, 3.63) is 87.8 Å². The Morgan fingerprint density at radius 1 is 0.976 bits per heavy atom. The molecule has 1 aliphatic rings. The van der Waals surface area contributed by atoms with E-state index in [-0.39, 0.29) is 17.4 Å². The Bertz CT molecular complexity index is 1700. The number of furan rings is 1. The van der Waals surface area contributed by atoms with E-state index in [2.05, 4.69) is 22.9 Å². The third-order valence-corrected chi connectivity index (χ3v) is 8.27. The highest BCUT2D eigenvalue weighted by Crippen LogP contribution is 2.38. The molecule has 9 heteroatoms. The van der Waals surface area contributed by atoms with Crippen molar-refractivity contribution in [1.29, 1.82) is 0 Å². The van der Waals surface area contributed by atoms with Gasteiger partial charge in [0.05, 0.1) is 22.5 Å². The molecule has 1 aromatic carbocycles. The average molecular weight is 570 g/mol. The van der Waals surface area contributed by atoms with Crippen molar-refractivity contribution in [3.8, 4) is 0 Å². The Balaban J connectivity index is 1.39. The highest BCUT2D eigenvalue weighted by atomic mass is 16.3. The van der Waals surface area contributed by atoms with Gasteiger partial charge in [-0.15, -0.1) is 0 Å². The maximum atomic E-state index is 13.3. The van der Waals surface area contributed by atoms with Crippen LogP contribution in [0.25, 0.3) is 11.0 Å². The second kappa shape index (κ2) is 11.6. The van der Waals surface area contributed by atoms with Crippen molar-refractivity contribution in [2.24, 2.45) is 5.41 Å². The number of amides is 2. The van der Waals surface area contributed by atoms with Crippen LogP contribution in [-0.2, 0) is 29.1 Å². The molecule has 5 rings (SSSR count). The van der Waals surface area contributed by atoms with Gasteiger partial charge in [-0.05, 0) is 82.5 Å². The van der Waals surface area contributed by atoms with Crippen LogP contribution in [-0.4, -0.2) is 52.9 Å². The molecule has 42 heavy (non-hydrogen) atoms. The highest BCUT2D eigenvalue weighted by Gasteiger charge is 2.45. The number of carbonyl (C=O) groups is 2. The molecular weight excluding hydrogens is 530 g/mol. The first-order valence-electron chi connectivity index (χ1n) is 14.5. The summed E-state index contributed by atoms with van der Waals surface area (Å²) in [5.74, 6) is 0.309. The van der Waals surface area contributed by atoms with Gasteiger partial charge in [-0.1, -0.05) is 12.1 Å². The predicted molar refractivity (Wildman–Crippen MR) is 165 cm³/mol. The van der Waals surface area contributed by atoms with Gasteiger partial charge in [0.2, 0.25) is 11.8 Å². The van der Waals surface area contributed by atoms with Crippen molar-refractivity contribution in [2.75, 3.05) is 36.5 Å². The Morgan fingerprint density at radius 3 is 2.50 bits per heavy atom.